The molecule has 3 N–H and O–H groups in total. The highest BCUT2D eigenvalue weighted by atomic mass is 79.9. The Labute approximate surface area is 80.9 Å². The maximum Gasteiger partial charge on any atom is 0.121 e. The van der Waals surface area contributed by atoms with Crippen LogP contribution < -0.4 is 11.2 Å². The van der Waals surface area contributed by atoms with Gasteiger partial charge in [0.1, 0.15) is 5.84 Å². The lowest BCUT2D eigenvalue weighted by Gasteiger charge is -2.20. The van der Waals surface area contributed by atoms with Gasteiger partial charge in [-0.15, -0.1) is 0 Å². The number of halogens is 1. The van der Waals surface area contributed by atoms with E-state index in [2.05, 4.69) is 26.5 Å². The van der Waals surface area contributed by atoms with Crippen molar-refractivity contribution in [3.63, 3.8) is 0 Å². The maximum absolute atomic E-state index is 5.61. The highest BCUT2D eigenvalue weighted by Gasteiger charge is 2.37. The molecule has 1 heterocycles. The standard InChI is InChI=1S/C8H14BrN3/c9-4-6(5-1-2-5)7-3-8(10)12-11-7/h5-7,11H,1-4H2,(H2,10,12)/t6-,7?/m0/s1. The fraction of sp³-hybridized carbons (Fsp3) is 0.875. The van der Waals surface area contributed by atoms with E-state index in [1.54, 1.807) is 0 Å². The van der Waals surface area contributed by atoms with Crippen LogP contribution in [0.1, 0.15) is 19.3 Å². The molecule has 68 valence electrons. The highest BCUT2D eigenvalue weighted by Crippen LogP contribution is 2.40. The van der Waals surface area contributed by atoms with Crippen molar-refractivity contribution in [3.8, 4) is 0 Å². The molecule has 3 nitrogen and oxygen atoms in total. The smallest absolute Gasteiger partial charge is 0.121 e. The number of nitrogens with zero attached hydrogens (tertiary/aromatic N) is 1. The van der Waals surface area contributed by atoms with Gasteiger partial charge in [0, 0.05) is 11.8 Å². The lowest BCUT2D eigenvalue weighted by atomic mass is 9.95. The first-order valence-electron chi connectivity index (χ1n) is 4.45. The minimum absolute atomic E-state index is 0.483. The minimum Gasteiger partial charge on any atom is -0.386 e. The predicted molar refractivity (Wildman–Crippen MR) is 53.2 cm³/mol. The number of alkyl halides is 1. The molecule has 0 amide bonds. The summed E-state index contributed by atoms with van der Waals surface area (Å²) in [5.41, 5.74) is 8.72. The van der Waals surface area contributed by atoms with E-state index < -0.39 is 0 Å². The minimum atomic E-state index is 0.483. The quantitative estimate of drug-likeness (QED) is 0.714. The summed E-state index contributed by atoms with van der Waals surface area (Å²) in [5, 5.41) is 5.09. The fourth-order valence-electron chi connectivity index (χ4n) is 1.82. The molecule has 1 aliphatic heterocycles. The van der Waals surface area contributed by atoms with Crippen molar-refractivity contribution in [2.45, 2.75) is 25.3 Å². The Bertz CT molecular complexity index is 200. The SMILES string of the molecule is NC1=NNC([C@@H](CBr)C2CC2)C1. The van der Waals surface area contributed by atoms with E-state index in [-0.39, 0.29) is 0 Å². The number of hydrazone groups is 1. The van der Waals surface area contributed by atoms with E-state index in [1.165, 1.54) is 12.8 Å². The van der Waals surface area contributed by atoms with Gasteiger partial charge in [-0.1, -0.05) is 15.9 Å². The predicted octanol–water partition coefficient (Wildman–Crippen LogP) is 1.04. The first kappa shape index (κ1) is 8.35. The second-order valence-electron chi connectivity index (χ2n) is 3.70. The molecule has 1 fully saturated rings. The van der Waals surface area contributed by atoms with Crippen LogP contribution in [-0.4, -0.2) is 17.2 Å². The summed E-state index contributed by atoms with van der Waals surface area (Å²) in [7, 11) is 0. The third kappa shape index (κ3) is 1.58. The molecule has 1 saturated carbocycles. The second-order valence-corrected chi connectivity index (χ2v) is 4.35. The molecular formula is C8H14BrN3. The van der Waals surface area contributed by atoms with Gasteiger partial charge in [-0.25, -0.2) is 0 Å². The van der Waals surface area contributed by atoms with Crippen LogP contribution >= 0.6 is 15.9 Å². The zero-order chi connectivity index (χ0) is 8.55. The molecule has 0 aromatic carbocycles. The molecule has 2 rings (SSSR count). The zero-order valence-electron chi connectivity index (χ0n) is 6.96. The molecular weight excluding hydrogens is 218 g/mol. The Morgan fingerprint density at radius 2 is 2.42 bits per heavy atom. The molecule has 2 atom stereocenters. The molecule has 12 heavy (non-hydrogen) atoms. The molecule has 0 spiro atoms. The molecule has 0 saturated heterocycles. The molecule has 0 aromatic heterocycles. The van der Waals surface area contributed by atoms with Crippen LogP contribution in [0.15, 0.2) is 5.10 Å². The summed E-state index contributed by atoms with van der Waals surface area (Å²) < 4.78 is 0. The highest BCUT2D eigenvalue weighted by molar-refractivity contribution is 9.09. The normalized spacial score (nSPS) is 31.1. The molecule has 4 heteroatoms. The molecule has 0 bridgehead atoms. The Balaban J connectivity index is 1.90. The summed E-state index contributed by atoms with van der Waals surface area (Å²) >= 11 is 3.55. The van der Waals surface area contributed by atoms with Crippen LogP contribution in [0.25, 0.3) is 0 Å². The van der Waals surface area contributed by atoms with Crippen LogP contribution in [0.5, 0.6) is 0 Å². The van der Waals surface area contributed by atoms with Gasteiger partial charge >= 0.3 is 0 Å². The summed E-state index contributed by atoms with van der Waals surface area (Å²) in [5.74, 6) is 2.38. The Kier molecular flexibility index (Phi) is 2.26. The number of amidine groups is 1. The number of hydrogen-bond donors (Lipinski definition) is 2. The first-order valence-corrected chi connectivity index (χ1v) is 5.57. The average molecular weight is 232 g/mol. The van der Waals surface area contributed by atoms with E-state index in [0.717, 1.165) is 29.4 Å². The van der Waals surface area contributed by atoms with Gasteiger partial charge in [0.05, 0.1) is 6.04 Å². The van der Waals surface area contributed by atoms with Crippen molar-refractivity contribution in [2.75, 3.05) is 5.33 Å². The monoisotopic (exact) mass is 231 g/mol. The van der Waals surface area contributed by atoms with E-state index in [4.69, 9.17) is 5.73 Å². The summed E-state index contributed by atoms with van der Waals surface area (Å²) in [4.78, 5) is 0. The Morgan fingerprint density at radius 3 is 2.83 bits per heavy atom. The van der Waals surface area contributed by atoms with Gasteiger partial charge in [-0.2, -0.15) is 5.10 Å². The first-order chi connectivity index (χ1) is 5.81. The number of rotatable bonds is 3. The van der Waals surface area contributed by atoms with Crippen LogP contribution in [0.4, 0.5) is 0 Å². The van der Waals surface area contributed by atoms with Crippen molar-refractivity contribution in [1.82, 2.24) is 5.43 Å². The topological polar surface area (TPSA) is 50.4 Å². The van der Waals surface area contributed by atoms with Crippen molar-refractivity contribution in [2.24, 2.45) is 22.7 Å². The van der Waals surface area contributed by atoms with Crippen molar-refractivity contribution < 1.29 is 0 Å². The Hall–Kier alpha value is -0.250. The number of nitrogens with one attached hydrogen (secondary N) is 1. The number of hydrogen-bond acceptors (Lipinski definition) is 3. The lowest BCUT2D eigenvalue weighted by molar-refractivity contribution is 0.379. The van der Waals surface area contributed by atoms with Crippen LogP contribution in [-0.2, 0) is 0 Å². The fourth-order valence-corrected chi connectivity index (χ4v) is 2.80. The lowest BCUT2D eigenvalue weighted by Crippen LogP contribution is -2.32. The molecule has 1 unspecified atom stereocenters. The second kappa shape index (κ2) is 3.24. The van der Waals surface area contributed by atoms with Gasteiger partial charge in [0.25, 0.3) is 0 Å². The van der Waals surface area contributed by atoms with Crippen LogP contribution in [0, 0.1) is 11.8 Å². The average Bonchev–Trinajstić information content (AvgIpc) is 2.78. The van der Waals surface area contributed by atoms with Crippen molar-refractivity contribution >= 4 is 21.8 Å². The molecule has 1 aliphatic carbocycles. The Morgan fingerprint density at radius 1 is 1.67 bits per heavy atom. The van der Waals surface area contributed by atoms with Gasteiger partial charge in [-0.05, 0) is 24.7 Å². The van der Waals surface area contributed by atoms with E-state index in [1.807, 2.05) is 0 Å². The zero-order valence-corrected chi connectivity index (χ0v) is 8.55. The summed E-state index contributed by atoms with van der Waals surface area (Å²) in [6, 6.07) is 0.483. The van der Waals surface area contributed by atoms with E-state index in [9.17, 15) is 0 Å². The van der Waals surface area contributed by atoms with Gasteiger partial charge in [0.15, 0.2) is 0 Å². The maximum atomic E-state index is 5.61. The molecule has 0 aromatic rings. The molecule has 0 radical (unpaired) electrons. The summed E-state index contributed by atoms with van der Waals surface area (Å²) in [6.07, 6.45) is 3.69. The van der Waals surface area contributed by atoms with Gasteiger partial charge in [0.2, 0.25) is 0 Å². The van der Waals surface area contributed by atoms with Crippen LogP contribution in [0.3, 0.4) is 0 Å². The third-order valence-electron chi connectivity index (χ3n) is 2.73. The summed E-state index contributed by atoms with van der Waals surface area (Å²) in [6.45, 7) is 0. The van der Waals surface area contributed by atoms with Crippen molar-refractivity contribution in [3.05, 3.63) is 0 Å². The van der Waals surface area contributed by atoms with Gasteiger partial charge in [-0.3, -0.25) is 0 Å². The largest absolute Gasteiger partial charge is 0.386 e. The molecule has 2 aliphatic rings. The van der Waals surface area contributed by atoms with Gasteiger partial charge < -0.3 is 11.2 Å². The van der Waals surface area contributed by atoms with Crippen LogP contribution in [0.2, 0.25) is 0 Å². The van der Waals surface area contributed by atoms with Crippen molar-refractivity contribution in [1.29, 1.82) is 0 Å². The number of nitrogens with two attached hydrogens (primary N) is 1. The third-order valence-corrected chi connectivity index (χ3v) is 3.47. The van der Waals surface area contributed by atoms with E-state index in [0.29, 0.717) is 6.04 Å². The van der Waals surface area contributed by atoms with E-state index >= 15 is 0 Å².